The lowest BCUT2D eigenvalue weighted by Gasteiger charge is -2.32. The zero-order chi connectivity index (χ0) is 17.0. The van der Waals surface area contributed by atoms with Crippen molar-refractivity contribution in [1.82, 2.24) is 9.97 Å². The topological polar surface area (TPSA) is 64.2 Å². The zero-order valence-electron chi connectivity index (χ0n) is 13.3. The highest BCUT2D eigenvalue weighted by atomic mass is 19.3. The molecule has 0 unspecified atom stereocenters. The van der Waals surface area contributed by atoms with Crippen LogP contribution in [0.3, 0.4) is 0 Å². The van der Waals surface area contributed by atoms with Crippen LogP contribution in [0, 0.1) is 0 Å². The molecule has 23 heavy (non-hydrogen) atoms. The van der Waals surface area contributed by atoms with Crippen molar-refractivity contribution in [3.05, 3.63) is 34.5 Å². The highest BCUT2D eigenvalue weighted by Gasteiger charge is 2.52. The maximum Gasteiger partial charge on any atom is 0.497 e. The SMILES string of the molecule is CC1(C)OB(c2cnc(C(F)F)c3c[nH]c(=O)cc23)OC1(C)C. The van der Waals surface area contributed by atoms with Gasteiger partial charge >= 0.3 is 7.12 Å². The Labute approximate surface area is 132 Å². The molecule has 1 aliphatic heterocycles. The van der Waals surface area contributed by atoms with Gasteiger partial charge in [-0.05, 0) is 33.1 Å². The minimum absolute atomic E-state index is 0.187. The van der Waals surface area contributed by atoms with Crippen molar-refractivity contribution in [3.8, 4) is 0 Å². The van der Waals surface area contributed by atoms with Gasteiger partial charge in [0.2, 0.25) is 5.56 Å². The van der Waals surface area contributed by atoms with Gasteiger partial charge in [0.1, 0.15) is 5.69 Å². The lowest BCUT2D eigenvalue weighted by molar-refractivity contribution is 0.00578. The molecule has 3 rings (SSSR count). The van der Waals surface area contributed by atoms with Crippen LogP contribution in [0.15, 0.2) is 23.3 Å². The van der Waals surface area contributed by atoms with Crippen molar-refractivity contribution in [1.29, 1.82) is 0 Å². The quantitative estimate of drug-likeness (QED) is 0.861. The van der Waals surface area contributed by atoms with E-state index < -0.39 is 24.7 Å². The third kappa shape index (κ3) is 2.55. The van der Waals surface area contributed by atoms with Gasteiger partial charge in [0.05, 0.1) is 11.2 Å². The number of halogens is 2. The van der Waals surface area contributed by atoms with Gasteiger partial charge in [0.15, 0.2) is 0 Å². The number of pyridine rings is 2. The number of aromatic amines is 1. The molecule has 0 amide bonds. The Hall–Kier alpha value is -1.80. The zero-order valence-corrected chi connectivity index (χ0v) is 13.3. The number of nitrogens with one attached hydrogen (secondary N) is 1. The molecular formula is C15H17BF2N2O3. The van der Waals surface area contributed by atoms with Crippen LogP contribution in [0.4, 0.5) is 8.78 Å². The molecule has 0 aromatic carbocycles. The molecular weight excluding hydrogens is 305 g/mol. The molecule has 5 nitrogen and oxygen atoms in total. The summed E-state index contributed by atoms with van der Waals surface area (Å²) >= 11 is 0. The van der Waals surface area contributed by atoms with E-state index in [9.17, 15) is 13.6 Å². The maximum atomic E-state index is 13.1. The molecule has 1 aliphatic rings. The molecule has 1 saturated heterocycles. The van der Waals surface area contributed by atoms with E-state index in [2.05, 4.69) is 9.97 Å². The number of hydrogen-bond donors (Lipinski definition) is 1. The van der Waals surface area contributed by atoms with Crippen LogP contribution in [0.2, 0.25) is 0 Å². The second-order valence-electron chi connectivity index (χ2n) is 6.61. The van der Waals surface area contributed by atoms with Crippen LogP contribution in [-0.4, -0.2) is 28.3 Å². The molecule has 0 aliphatic carbocycles. The van der Waals surface area contributed by atoms with Crippen LogP contribution in [0.5, 0.6) is 0 Å². The number of H-pyrrole nitrogens is 1. The normalized spacial score (nSPS) is 19.7. The van der Waals surface area contributed by atoms with E-state index in [1.807, 2.05) is 27.7 Å². The summed E-state index contributed by atoms with van der Waals surface area (Å²) in [6.07, 6.45) is -0.192. The van der Waals surface area contributed by atoms with Gasteiger partial charge in [-0.1, -0.05) is 0 Å². The van der Waals surface area contributed by atoms with Gasteiger partial charge in [-0.3, -0.25) is 9.78 Å². The van der Waals surface area contributed by atoms with Crippen LogP contribution in [0.25, 0.3) is 10.8 Å². The Kier molecular flexibility index (Phi) is 3.57. The van der Waals surface area contributed by atoms with Gasteiger partial charge in [0.25, 0.3) is 6.43 Å². The predicted octanol–water partition coefficient (Wildman–Crippen LogP) is 2.16. The van der Waals surface area contributed by atoms with Crippen LogP contribution in [-0.2, 0) is 9.31 Å². The molecule has 0 spiro atoms. The Morgan fingerprint density at radius 1 is 1.17 bits per heavy atom. The third-order valence-electron chi connectivity index (χ3n) is 4.57. The average molecular weight is 322 g/mol. The van der Waals surface area contributed by atoms with Crippen LogP contribution in [0.1, 0.15) is 39.8 Å². The number of hydrogen-bond acceptors (Lipinski definition) is 4. The van der Waals surface area contributed by atoms with Crippen molar-refractivity contribution in [2.75, 3.05) is 0 Å². The first kappa shape index (κ1) is 16.1. The molecule has 1 fully saturated rings. The van der Waals surface area contributed by atoms with Crippen molar-refractivity contribution in [2.24, 2.45) is 0 Å². The van der Waals surface area contributed by atoms with Crippen molar-refractivity contribution in [2.45, 2.75) is 45.3 Å². The average Bonchev–Trinajstić information content (AvgIpc) is 2.65. The Bertz CT molecular complexity index is 804. The summed E-state index contributed by atoms with van der Waals surface area (Å²) in [5.41, 5.74) is -1.45. The summed E-state index contributed by atoms with van der Waals surface area (Å²) in [6, 6.07) is 1.27. The number of rotatable bonds is 2. The van der Waals surface area contributed by atoms with E-state index in [1.165, 1.54) is 18.5 Å². The van der Waals surface area contributed by atoms with Crippen molar-refractivity contribution >= 4 is 23.4 Å². The van der Waals surface area contributed by atoms with E-state index in [4.69, 9.17) is 9.31 Å². The minimum atomic E-state index is -2.74. The van der Waals surface area contributed by atoms with Gasteiger partial charge in [-0.2, -0.15) is 0 Å². The summed E-state index contributed by atoms with van der Waals surface area (Å²) < 4.78 is 38.1. The third-order valence-corrected chi connectivity index (χ3v) is 4.57. The second-order valence-corrected chi connectivity index (χ2v) is 6.61. The molecule has 0 bridgehead atoms. The van der Waals surface area contributed by atoms with Gasteiger partial charge in [0, 0.05) is 29.3 Å². The van der Waals surface area contributed by atoms with E-state index in [1.54, 1.807) is 0 Å². The van der Waals surface area contributed by atoms with Crippen molar-refractivity contribution < 1.29 is 18.1 Å². The monoisotopic (exact) mass is 322 g/mol. The fourth-order valence-electron chi connectivity index (χ4n) is 2.53. The number of nitrogens with zero attached hydrogens (tertiary/aromatic N) is 1. The molecule has 8 heteroatoms. The molecule has 0 saturated carbocycles. The van der Waals surface area contributed by atoms with Crippen molar-refractivity contribution in [3.63, 3.8) is 0 Å². The summed E-state index contributed by atoms with van der Waals surface area (Å²) in [7, 11) is -0.775. The number of fused-ring (bicyclic) bond motifs is 1. The van der Waals surface area contributed by atoms with Gasteiger partial charge in [-0.25, -0.2) is 8.78 Å². The molecule has 122 valence electrons. The van der Waals surface area contributed by atoms with E-state index in [0.717, 1.165) is 0 Å². The standard InChI is InChI=1S/C15H17BF2N2O3/c1-14(2)15(3,4)23-16(22-14)10-7-20-12(13(17)18)9-6-19-11(21)5-8(9)10/h5-7,13H,1-4H3,(H,19,21). The first-order chi connectivity index (χ1) is 10.6. The Morgan fingerprint density at radius 3 is 2.35 bits per heavy atom. The summed E-state index contributed by atoms with van der Waals surface area (Å²) in [5, 5.41) is 0.546. The number of aromatic nitrogens is 2. The van der Waals surface area contributed by atoms with Gasteiger partial charge in [-0.15, -0.1) is 0 Å². The first-order valence-corrected chi connectivity index (χ1v) is 7.27. The largest absolute Gasteiger partial charge is 0.497 e. The van der Waals surface area contributed by atoms with Crippen LogP contribution < -0.4 is 11.0 Å². The molecule has 1 N–H and O–H groups in total. The Balaban J connectivity index is 2.18. The summed E-state index contributed by atoms with van der Waals surface area (Å²) in [5.74, 6) is 0. The van der Waals surface area contributed by atoms with Gasteiger partial charge < -0.3 is 14.3 Å². The first-order valence-electron chi connectivity index (χ1n) is 7.27. The highest BCUT2D eigenvalue weighted by molar-refractivity contribution is 6.65. The van der Waals surface area contributed by atoms with E-state index in [-0.39, 0.29) is 16.6 Å². The van der Waals surface area contributed by atoms with E-state index in [0.29, 0.717) is 10.8 Å². The predicted molar refractivity (Wildman–Crippen MR) is 83.0 cm³/mol. The minimum Gasteiger partial charge on any atom is -0.399 e. The second kappa shape index (κ2) is 5.11. The molecule has 0 atom stereocenters. The fourth-order valence-corrected chi connectivity index (χ4v) is 2.53. The summed E-state index contributed by atoms with van der Waals surface area (Å²) in [4.78, 5) is 17.9. The summed E-state index contributed by atoms with van der Waals surface area (Å²) in [6.45, 7) is 7.57. The molecule has 2 aromatic rings. The van der Waals surface area contributed by atoms with Crippen LogP contribution >= 0.6 is 0 Å². The highest BCUT2D eigenvalue weighted by Crippen LogP contribution is 2.37. The smallest absolute Gasteiger partial charge is 0.399 e. The lowest BCUT2D eigenvalue weighted by atomic mass is 9.77. The fraction of sp³-hybridized carbons (Fsp3) is 0.467. The molecule has 2 aromatic heterocycles. The lowest BCUT2D eigenvalue weighted by Crippen LogP contribution is -2.41. The Morgan fingerprint density at radius 2 is 1.78 bits per heavy atom. The van der Waals surface area contributed by atoms with E-state index >= 15 is 0 Å². The molecule has 3 heterocycles. The maximum absolute atomic E-state index is 13.1. The number of alkyl halides is 2. The molecule has 0 radical (unpaired) electrons.